The topological polar surface area (TPSA) is 57.7 Å². The lowest BCUT2D eigenvalue weighted by molar-refractivity contribution is -0.123. The number of carbonyl (C=O) groups is 3. The number of ketones is 1. The van der Waals surface area contributed by atoms with Crippen molar-refractivity contribution >= 4 is 23.3 Å². The Morgan fingerprint density at radius 3 is 2.50 bits per heavy atom. The van der Waals surface area contributed by atoms with E-state index in [1.807, 2.05) is 6.07 Å². The van der Waals surface area contributed by atoms with Gasteiger partial charge in [0, 0.05) is 12.1 Å². The molecular weight excluding hydrogens is 328 g/mol. The molecule has 1 fully saturated rings. The van der Waals surface area contributed by atoms with Gasteiger partial charge in [0.2, 0.25) is 5.91 Å². The van der Waals surface area contributed by atoms with Crippen LogP contribution in [0.25, 0.3) is 0 Å². The Labute approximate surface area is 152 Å². The van der Waals surface area contributed by atoms with Gasteiger partial charge in [0.1, 0.15) is 6.04 Å². The number of benzene rings is 2. The third kappa shape index (κ3) is 2.79. The van der Waals surface area contributed by atoms with Gasteiger partial charge in [-0.3, -0.25) is 14.4 Å². The minimum atomic E-state index is -0.479. The summed E-state index contributed by atoms with van der Waals surface area (Å²) in [7, 11) is 0. The smallest absolute Gasteiger partial charge is 0.256 e. The molecule has 2 aromatic carbocycles. The fourth-order valence-electron chi connectivity index (χ4n) is 3.80. The molecule has 4 rings (SSSR count). The Balaban J connectivity index is 1.74. The molecule has 1 atom stereocenters. The summed E-state index contributed by atoms with van der Waals surface area (Å²) in [5.41, 5.74) is 1.58. The normalized spacial score (nSPS) is 19.6. The molecule has 2 aliphatic heterocycles. The molecule has 0 aromatic heterocycles. The molecule has 0 aliphatic carbocycles. The first-order chi connectivity index (χ1) is 12.7. The molecule has 1 saturated heterocycles. The van der Waals surface area contributed by atoms with Gasteiger partial charge in [-0.05, 0) is 31.4 Å². The zero-order valence-electron chi connectivity index (χ0n) is 14.4. The standard InChI is InChI=1S/C21H20N2O3/c24-19(15-8-2-1-3-9-15)14-23-17-11-5-4-10-16(17)20(25)22-13-7-6-12-18(22)21(23)26/h1-5,8-11,18H,6-7,12-14H2. The largest absolute Gasteiger partial charge is 0.327 e. The van der Waals surface area contributed by atoms with Gasteiger partial charge in [-0.15, -0.1) is 0 Å². The quantitative estimate of drug-likeness (QED) is 0.802. The molecule has 26 heavy (non-hydrogen) atoms. The third-order valence-electron chi connectivity index (χ3n) is 5.14. The molecule has 0 spiro atoms. The number of nitrogens with zero attached hydrogens (tertiary/aromatic N) is 2. The Hall–Kier alpha value is -2.95. The predicted molar refractivity (Wildman–Crippen MR) is 98.2 cm³/mol. The lowest BCUT2D eigenvalue weighted by Crippen LogP contribution is -2.51. The Kier molecular flexibility index (Phi) is 4.29. The van der Waals surface area contributed by atoms with Gasteiger partial charge >= 0.3 is 0 Å². The van der Waals surface area contributed by atoms with E-state index in [9.17, 15) is 14.4 Å². The monoisotopic (exact) mass is 348 g/mol. The van der Waals surface area contributed by atoms with Crippen molar-refractivity contribution in [2.45, 2.75) is 25.3 Å². The zero-order valence-corrected chi connectivity index (χ0v) is 14.4. The van der Waals surface area contributed by atoms with Crippen LogP contribution in [-0.4, -0.2) is 41.6 Å². The van der Waals surface area contributed by atoms with E-state index in [0.717, 1.165) is 12.8 Å². The summed E-state index contributed by atoms with van der Waals surface area (Å²) < 4.78 is 0. The van der Waals surface area contributed by atoms with Gasteiger partial charge < -0.3 is 9.80 Å². The van der Waals surface area contributed by atoms with Crippen LogP contribution in [0, 0.1) is 0 Å². The Bertz CT molecular complexity index is 863. The number of anilines is 1. The summed E-state index contributed by atoms with van der Waals surface area (Å²) in [5.74, 6) is -0.411. The number of piperidine rings is 1. The van der Waals surface area contributed by atoms with E-state index in [4.69, 9.17) is 0 Å². The van der Waals surface area contributed by atoms with Crippen molar-refractivity contribution in [3.8, 4) is 0 Å². The second-order valence-electron chi connectivity index (χ2n) is 6.74. The molecule has 132 valence electrons. The van der Waals surface area contributed by atoms with E-state index in [-0.39, 0.29) is 24.1 Å². The highest BCUT2D eigenvalue weighted by Crippen LogP contribution is 2.31. The predicted octanol–water partition coefficient (Wildman–Crippen LogP) is 2.91. The number of hydrogen-bond acceptors (Lipinski definition) is 3. The van der Waals surface area contributed by atoms with E-state index in [0.29, 0.717) is 29.8 Å². The summed E-state index contributed by atoms with van der Waals surface area (Å²) in [5, 5.41) is 0. The number of para-hydroxylation sites is 1. The molecule has 0 bridgehead atoms. The maximum Gasteiger partial charge on any atom is 0.256 e. The molecular formula is C21H20N2O3. The molecule has 1 unspecified atom stereocenters. The fourth-order valence-corrected chi connectivity index (χ4v) is 3.80. The first-order valence-corrected chi connectivity index (χ1v) is 8.96. The molecule has 0 saturated carbocycles. The summed E-state index contributed by atoms with van der Waals surface area (Å²) in [4.78, 5) is 42.1. The lowest BCUT2D eigenvalue weighted by atomic mass is 10.0. The van der Waals surface area contributed by atoms with Gasteiger partial charge in [0.15, 0.2) is 5.78 Å². The van der Waals surface area contributed by atoms with Gasteiger partial charge in [-0.1, -0.05) is 42.5 Å². The van der Waals surface area contributed by atoms with Crippen molar-refractivity contribution in [3.05, 3.63) is 65.7 Å². The van der Waals surface area contributed by atoms with E-state index < -0.39 is 6.04 Å². The van der Waals surface area contributed by atoms with Crippen LogP contribution in [-0.2, 0) is 4.79 Å². The first kappa shape index (κ1) is 16.5. The summed E-state index contributed by atoms with van der Waals surface area (Å²) in [6.07, 6.45) is 2.46. The molecule has 2 amide bonds. The minimum Gasteiger partial charge on any atom is -0.327 e. The van der Waals surface area contributed by atoms with Gasteiger partial charge in [-0.2, -0.15) is 0 Å². The zero-order chi connectivity index (χ0) is 18.1. The Morgan fingerprint density at radius 1 is 0.962 bits per heavy atom. The SMILES string of the molecule is O=C(CN1C(=O)C2CCCCN2C(=O)c2ccccc21)c1ccccc1. The van der Waals surface area contributed by atoms with Crippen molar-refractivity contribution in [1.29, 1.82) is 0 Å². The summed E-state index contributed by atoms with van der Waals surface area (Å²) in [6, 6.07) is 15.5. The maximum atomic E-state index is 13.2. The van der Waals surface area contributed by atoms with Crippen molar-refractivity contribution in [1.82, 2.24) is 4.90 Å². The number of amides is 2. The average Bonchev–Trinajstić information content (AvgIpc) is 2.79. The molecule has 0 N–H and O–H groups in total. The molecule has 2 aliphatic rings. The van der Waals surface area contributed by atoms with Crippen LogP contribution in [0.15, 0.2) is 54.6 Å². The van der Waals surface area contributed by atoms with E-state index in [1.54, 1.807) is 53.4 Å². The van der Waals surface area contributed by atoms with Crippen molar-refractivity contribution < 1.29 is 14.4 Å². The van der Waals surface area contributed by atoms with Crippen LogP contribution in [0.3, 0.4) is 0 Å². The number of carbonyl (C=O) groups excluding carboxylic acids is 3. The third-order valence-corrected chi connectivity index (χ3v) is 5.14. The van der Waals surface area contributed by atoms with Gasteiger partial charge in [-0.25, -0.2) is 0 Å². The van der Waals surface area contributed by atoms with Gasteiger partial charge in [0.25, 0.3) is 5.91 Å². The minimum absolute atomic E-state index is 0.0581. The maximum absolute atomic E-state index is 13.2. The first-order valence-electron chi connectivity index (χ1n) is 8.96. The van der Waals surface area contributed by atoms with Crippen LogP contribution >= 0.6 is 0 Å². The van der Waals surface area contributed by atoms with E-state index in [1.165, 1.54) is 4.90 Å². The van der Waals surface area contributed by atoms with Crippen LogP contribution in [0.5, 0.6) is 0 Å². The molecule has 5 heteroatoms. The van der Waals surface area contributed by atoms with Crippen LogP contribution < -0.4 is 4.90 Å². The highest BCUT2D eigenvalue weighted by Gasteiger charge is 2.40. The average molecular weight is 348 g/mol. The van der Waals surface area contributed by atoms with Crippen LogP contribution in [0.4, 0.5) is 5.69 Å². The molecule has 2 aromatic rings. The van der Waals surface area contributed by atoms with Crippen LogP contribution in [0.1, 0.15) is 40.0 Å². The molecule has 5 nitrogen and oxygen atoms in total. The lowest BCUT2D eigenvalue weighted by Gasteiger charge is -2.34. The van der Waals surface area contributed by atoms with E-state index >= 15 is 0 Å². The molecule has 2 heterocycles. The van der Waals surface area contributed by atoms with Crippen molar-refractivity contribution in [3.63, 3.8) is 0 Å². The van der Waals surface area contributed by atoms with Crippen LogP contribution in [0.2, 0.25) is 0 Å². The Morgan fingerprint density at radius 2 is 1.69 bits per heavy atom. The molecule has 0 radical (unpaired) electrons. The number of Topliss-reactive ketones (excluding diaryl/α,β-unsaturated/α-hetero) is 1. The van der Waals surface area contributed by atoms with Crippen molar-refractivity contribution in [2.24, 2.45) is 0 Å². The number of rotatable bonds is 3. The van der Waals surface area contributed by atoms with Gasteiger partial charge in [0.05, 0.1) is 17.8 Å². The van der Waals surface area contributed by atoms with Crippen molar-refractivity contribution in [2.75, 3.05) is 18.0 Å². The number of hydrogen-bond donors (Lipinski definition) is 0. The van der Waals surface area contributed by atoms with E-state index in [2.05, 4.69) is 0 Å². The highest BCUT2D eigenvalue weighted by atomic mass is 16.2. The fraction of sp³-hybridized carbons (Fsp3) is 0.286. The summed E-state index contributed by atoms with van der Waals surface area (Å²) >= 11 is 0. The highest BCUT2D eigenvalue weighted by molar-refractivity contribution is 6.14. The number of fused-ring (bicyclic) bond motifs is 2. The summed E-state index contributed by atoms with van der Waals surface area (Å²) in [6.45, 7) is 0.529. The second kappa shape index (κ2) is 6.75. The second-order valence-corrected chi connectivity index (χ2v) is 6.74.